The van der Waals surface area contributed by atoms with Gasteiger partial charge in [-0.1, -0.05) is 54.6 Å². The van der Waals surface area contributed by atoms with Crippen molar-refractivity contribution in [1.82, 2.24) is 10.2 Å². The first kappa shape index (κ1) is 31.5. The summed E-state index contributed by atoms with van der Waals surface area (Å²) < 4.78 is 18.0. The number of nitrogens with one attached hydrogen (secondary N) is 1. The van der Waals surface area contributed by atoms with Gasteiger partial charge in [0, 0.05) is 31.8 Å². The number of rotatable bonds is 6. The first-order chi connectivity index (χ1) is 22.3. The molecule has 2 N–H and O–H groups in total. The molecule has 5 bridgehead atoms. The van der Waals surface area contributed by atoms with Gasteiger partial charge in [0.25, 0.3) is 5.91 Å². The molecule has 0 unspecified atom stereocenters. The van der Waals surface area contributed by atoms with Gasteiger partial charge in [0.2, 0.25) is 11.8 Å². The number of hydrogen-bond donors (Lipinski definition) is 2. The molecule has 7 atom stereocenters. The van der Waals surface area contributed by atoms with Crippen molar-refractivity contribution in [2.75, 3.05) is 31.7 Å². The average Bonchev–Trinajstić information content (AvgIpc) is 3.71. The van der Waals surface area contributed by atoms with Gasteiger partial charge in [0.1, 0.15) is 29.4 Å². The fraction of sp³-hybridized carbons (Fsp3) is 0.429. The minimum absolute atomic E-state index is 0.107. The summed E-state index contributed by atoms with van der Waals surface area (Å²) in [4.78, 5) is 59.1. The van der Waals surface area contributed by atoms with E-state index in [1.54, 1.807) is 55.4 Å². The van der Waals surface area contributed by atoms with Crippen LogP contribution in [0.1, 0.15) is 37.9 Å². The second kappa shape index (κ2) is 13.1. The van der Waals surface area contributed by atoms with Crippen molar-refractivity contribution in [2.24, 2.45) is 11.8 Å². The zero-order valence-electron chi connectivity index (χ0n) is 25.9. The van der Waals surface area contributed by atoms with E-state index >= 15 is 0 Å². The Bertz CT molecular complexity index is 1530. The fourth-order valence-electron chi connectivity index (χ4n) is 7.15. The number of carbonyl (C=O) groups is 4. The number of benzene rings is 2. The standard InChI is InChI=1S/C35H39N3O8/c1-22-30(23-10-5-3-6-11-23)45-34(43)28-26-17-18-35(46-26)29(28)32(41)38(20-9-21-39)31(35)33(42)37(19-8-4-7-12-27(40)36-22)24-13-15-25(44-2)16-14-24/h3-6,8,10-11,13-18,22,26,28-31,39H,7,9,12,19-21H2,1-2H3,(H,36,40)/b8-4-/t22-,26+,28-,29-,30+,31+,35-/m0/s1. The van der Waals surface area contributed by atoms with Crippen molar-refractivity contribution < 1.29 is 38.5 Å². The smallest absolute Gasteiger partial charge is 0.313 e. The topological polar surface area (TPSA) is 135 Å². The molecular weight excluding hydrogens is 590 g/mol. The molecule has 0 saturated carbocycles. The Hall–Kier alpha value is -4.48. The molecule has 0 radical (unpaired) electrons. The Morgan fingerprint density at radius 1 is 1.02 bits per heavy atom. The number of carbonyl (C=O) groups excluding carboxylic acids is 4. The summed E-state index contributed by atoms with van der Waals surface area (Å²) >= 11 is 0. The lowest BCUT2D eigenvalue weighted by molar-refractivity contribution is -0.161. The third-order valence-electron chi connectivity index (χ3n) is 9.29. The van der Waals surface area contributed by atoms with Crippen LogP contribution < -0.4 is 15.0 Å². The van der Waals surface area contributed by atoms with Crippen molar-refractivity contribution in [3.8, 4) is 5.75 Å². The Kier molecular flexibility index (Phi) is 8.97. The van der Waals surface area contributed by atoms with Crippen LogP contribution in [0.4, 0.5) is 5.69 Å². The zero-order valence-corrected chi connectivity index (χ0v) is 25.9. The number of anilines is 1. The van der Waals surface area contributed by atoms with Crippen LogP contribution >= 0.6 is 0 Å². The van der Waals surface area contributed by atoms with Gasteiger partial charge < -0.3 is 34.4 Å². The molecule has 2 fully saturated rings. The number of methoxy groups -OCH3 is 1. The highest BCUT2D eigenvalue weighted by Gasteiger charge is 2.73. The number of ether oxygens (including phenoxy) is 3. The van der Waals surface area contributed by atoms with Crippen molar-refractivity contribution in [3.63, 3.8) is 0 Å². The van der Waals surface area contributed by atoms with Gasteiger partial charge in [-0.3, -0.25) is 19.2 Å². The largest absolute Gasteiger partial charge is 0.497 e. The number of aliphatic hydroxyl groups excluding tert-OH is 1. The lowest BCUT2D eigenvalue weighted by Crippen LogP contribution is -2.56. The molecule has 1 spiro atoms. The molecule has 242 valence electrons. The zero-order chi connectivity index (χ0) is 32.4. The third-order valence-corrected chi connectivity index (χ3v) is 9.29. The number of fused-ring (bicyclic) bond motifs is 2. The molecule has 4 aliphatic heterocycles. The van der Waals surface area contributed by atoms with E-state index in [0.29, 0.717) is 23.4 Å². The van der Waals surface area contributed by atoms with E-state index in [0.717, 1.165) is 0 Å². The van der Waals surface area contributed by atoms with Crippen molar-refractivity contribution in [1.29, 1.82) is 0 Å². The van der Waals surface area contributed by atoms with Crippen LogP contribution in [0, 0.1) is 11.8 Å². The predicted molar refractivity (Wildman–Crippen MR) is 168 cm³/mol. The van der Waals surface area contributed by atoms with Crippen LogP contribution in [0.3, 0.4) is 0 Å². The van der Waals surface area contributed by atoms with E-state index in [4.69, 9.17) is 14.2 Å². The summed E-state index contributed by atoms with van der Waals surface area (Å²) in [5.41, 5.74) is -0.128. The molecule has 11 heteroatoms. The van der Waals surface area contributed by atoms with Crippen molar-refractivity contribution >= 4 is 29.4 Å². The average molecular weight is 630 g/mol. The summed E-state index contributed by atoms with van der Waals surface area (Å²) in [5.74, 6) is -3.03. The first-order valence-corrected chi connectivity index (χ1v) is 15.7. The number of cyclic esters (lactones) is 1. The molecular formula is C35H39N3O8. The Balaban J connectivity index is 1.43. The number of esters is 1. The second-order valence-electron chi connectivity index (χ2n) is 12.1. The summed E-state index contributed by atoms with van der Waals surface area (Å²) in [6, 6.07) is 14.5. The maximum Gasteiger partial charge on any atom is 0.313 e. The monoisotopic (exact) mass is 629 g/mol. The van der Waals surface area contributed by atoms with Gasteiger partial charge in [-0.2, -0.15) is 0 Å². The number of likely N-dealkylation sites (tertiary alicyclic amines) is 1. The second-order valence-corrected chi connectivity index (χ2v) is 12.1. The van der Waals surface area contributed by atoms with Crippen LogP contribution in [0.25, 0.3) is 0 Å². The molecule has 2 aromatic rings. The van der Waals surface area contributed by atoms with Gasteiger partial charge in [-0.15, -0.1) is 0 Å². The van der Waals surface area contributed by atoms with Crippen LogP contribution in [0.2, 0.25) is 0 Å². The minimum atomic E-state index is -1.40. The van der Waals surface area contributed by atoms with Gasteiger partial charge in [-0.05, 0) is 49.6 Å². The summed E-state index contributed by atoms with van der Waals surface area (Å²) in [6.07, 6.45) is 6.43. The first-order valence-electron chi connectivity index (χ1n) is 15.7. The maximum atomic E-state index is 14.7. The van der Waals surface area contributed by atoms with Crippen LogP contribution in [-0.4, -0.2) is 84.3 Å². The van der Waals surface area contributed by atoms with Gasteiger partial charge in [0.15, 0.2) is 0 Å². The SMILES string of the molecule is COc1ccc(N2C/C=C\CCC(=O)N[C@@H](C)[C@H](c3ccccc3)OC(=O)[C@@H]3[C@H]4C(=O)N(CCCO)[C@H](C2=O)[C@]42C=C[C@H]3O2)cc1. The highest BCUT2D eigenvalue weighted by molar-refractivity contribution is 6.05. The van der Waals surface area contributed by atoms with Crippen LogP contribution in [-0.2, 0) is 28.7 Å². The van der Waals surface area contributed by atoms with Gasteiger partial charge >= 0.3 is 5.97 Å². The van der Waals surface area contributed by atoms with Crippen molar-refractivity contribution in [2.45, 2.75) is 56.1 Å². The van der Waals surface area contributed by atoms with Crippen molar-refractivity contribution in [3.05, 3.63) is 84.5 Å². The van der Waals surface area contributed by atoms with E-state index in [1.807, 2.05) is 42.5 Å². The van der Waals surface area contributed by atoms with E-state index in [-0.39, 0.29) is 44.4 Å². The Morgan fingerprint density at radius 2 is 1.78 bits per heavy atom. The van der Waals surface area contributed by atoms with E-state index in [1.165, 1.54) is 4.90 Å². The molecule has 0 aromatic heterocycles. The normalized spacial score (nSPS) is 31.9. The number of amides is 3. The summed E-state index contributed by atoms with van der Waals surface area (Å²) in [5, 5.41) is 12.7. The lowest BCUT2D eigenvalue weighted by Gasteiger charge is -2.36. The number of aliphatic hydroxyl groups is 1. The molecule has 4 heterocycles. The van der Waals surface area contributed by atoms with Crippen LogP contribution in [0.5, 0.6) is 5.75 Å². The predicted octanol–water partition coefficient (Wildman–Crippen LogP) is 2.70. The highest BCUT2D eigenvalue weighted by Crippen LogP contribution is 2.56. The summed E-state index contributed by atoms with van der Waals surface area (Å²) in [6.45, 7) is 1.87. The van der Waals surface area contributed by atoms with Crippen LogP contribution in [0.15, 0.2) is 78.9 Å². The molecule has 2 aromatic carbocycles. The quantitative estimate of drug-likeness (QED) is 0.368. The van der Waals surface area contributed by atoms with Gasteiger partial charge in [-0.25, -0.2) is 0 Å². The van der Waals surface area contributed by atoms with E-state index in [2.05, 4.69) is 5.32 Å². The molecule has 6 rings (SSSR count). The fourth-order valence-corrected chi connectivity index (χ4v) is 7.15. The minimum Gasteiger partial charge on any atom is -0.497 e. The lowest BCUT2D eigenvalue weighted by atomic mass is 9.74. The number of hydrogen-bond acceptors (Lipinski definition) is 8. The molecule has 11 nitrogen and oxygen atoms in total. The molecule has 46 heavy (non-hydrogen) atoms. The molecule has 4 aliphatic rings. The Labute approximate surface area is 267 Å². The molecule has 0 aliphatic carbocycles. The maximum absolute atomic E-state index is 14.7. The number of nitrogens with zero attached hydrogens (tertiary/aromatic N) is 2. The molecule has 3 amide bonds. The number of allylic oxidation sites excluding steroid dienone is 1. The van der Waals surface area contributed by atoms with Gasteiger partial charge in [0.05, 0.1) is 25.2 Å². The van der Waals surface area contributed by atoms with E-state index in [9.17, 15) is 24.3 Å². The van der Waals surface area contributed by atoms with E-state index < -0.39 is 53.6 Å². The summed E-state index contributed by atoms with van der Waals surface area (Å²) in [7, 11) is 1.56. The third kappa shape index (κ3) is 5.58. The Morgan fingerprint density at radius 3 is 2.50 bits per heavy atom. The highest BCUT2D eigenvalue weighted by atomic mass is 16.6. The molecule has 2 saturated heterocycles.